The molecule has 1 aliphatic heterocycles. The Morgan fingerprint density at radius 1 is 1.25 bits per heavy atom. The van der Waals surface area contributed by atoms with Gasteiger partial charge in [-0.2, -0.15) is 0 Å². The van der Waals surface area contributed by atoms with Crippen molar-refractivity contribution in [2.75, 3.05) is 13.2 Å². The molecule has 0 unspecified atom stereocenters. The third-order valence-electron chi connectivity index (χ3n) is 4.70. The normalized spacial score (nSPS) is 17.2. The van der Waals surface area contributed by atoms with Crippen molar-refractivity contribution >= 4 is 38.5 Å². The van der Waals surface area contributed by atoms with Crippen LogP contribution in [-0.2, 0) is 4.74 Å². The minimum Gasteiger partial charge on any atom is -0.438 e. The summed E-state index contributed by atoms with van der Waals surface area (Å²) in [5.74, 6) is -0.215. The number of carbonyl (C=O) groups is 1. The maximum absolute atomic E-state index is 12.9. The Labute approximate surface area is 171 Å². The highest BCUT2D eigenvalue weighted by Gasteiger charge is 2.18. The summed E-state index contributed by atoms with van der Waals surface area (Å²) < 4.78 is 12.5. The maximum atomic E-state index is 12.9. The number of aryl methyl sites for hydroxylation is 1. The van der Waals surface area contributed by atoms with Crippen LogP contribution >= 0.6 is 15.9 Å². The minimum absolute atomic E-state index is 0.0765. The van der Waals surface area contributed by atoms with E-state index < -0.39 is 0 Å². The lowest BCUT2D eigenvalue weighted by atomic mass is 10.1. The fourth-order valence-electron chi connectivity index (χ4n) is 3.27. The summed E-state index contributed by atoms with van der Waals surface area (Å²) in [6, 6.07) is 15.3. The Hall–Kier alpha value is -2.44. The van der Waals surface area contributed by atoms with Crippen LogP contribution < -0.4 is 10.9 Å². The molecule has 0 saturated carbocycles. The van der Waals surface area contributed by atoms with Crippen LogP contribution in [-0.4, -0.2) is 25.2 Å². The summed E-state index contributed by atoms with van der Waals surface area (Å²) in [6.07, 6.45) is 2.08. The molecule has 3 aromatic rings. The first kappa shape index (κ1) is 18.9. The molecule has 6 heteroatoms. The van der Waals surface area contributed by atoms with E-state index in [0.29, 0.717) is 23.2 Å². The largest absolute Gasteiger partial charge is 0.438 e. The second kappa shape index (κ2) is 8.29. The van der Waals surface area contributed by atoms with Gasteiger partial charge in [-0.1, -0.05) is 28.1 Å². The molecule has 0 radical (unpaired) electrons. The zero-order valence-electron chi connectivity index (χ0n) is 15.6. The molecule has 2 aromatic carbocycles. The Bertz CT molecular complexity index is 1080. The first-order valence-corrected chi connectivity index (χ1v) is 10.1. The predicted molar refractivity (Wildman–Crippen MR) is 112 cm³/mol. The summed E-state index contributed by atoms with van der Waals surface area (Å²) >= 11 is 3.47. The third kappa shape index (κ3) is 4.34. The predicted octanol–water partition coefficient (Wildman–Crippen LogP) is 4.64. The van der Waals surface area contributed by atoms with Crippen LogP contribution in [0.5, 0.6) is 0 Å². The number of nitrogens with one attached hydrogen (secondary N) is 1. The molecule has 144 valence electrons. The van der Waals surface area contributed by atoms with Gasteiger partial charge in [-0.3, -0.25) is 4.79 Å². The molecule has 1 N–H and O–H groups in total. The summed E-state index contributed by atoms with van der Waals surface area (Å²) in [7, 11) is 0. The quantitative estimate of drug-likeness (QED) is 0.642. The monoisotopic (exact) mass is 440 g/mol. The van der Waals surface area contributed by atoms with E-state index in [4.69, 9.17) is 9.15 Å². The fraction of sp³-hybridized carbons (Fsp3) is 0.273. The number of rotatable bonds is 4. The van der Waals surface area contributed by atoms with Gasteiger partial charge in [0.2, 0.25) is 5.55 Å². The van der Waals surface area contributed by atoms with Crippen molar-refractivity contribution in [3.8, 4) is 0 Å². The molecule has 0 bridgehead atoms. The van der Waals surface area contributed by atoms with Crippen molar-refractivity contribution < 1.29 is 13.9 Å². The van der Waals surface area contributed by atoms with E-state index in [1.54, 1.807) is 0 Å². The average molecular weight is 441 g/mol. The van der Waals surface area contributed by atoms with Gasteiger partial charge in [-0.25, -0.2) is 4.99 Å². The van der Waals surface area contributed by atoms with E-state index in [-0.39, 0.29) is 12.0 Å². The van der Waals surface area contributed by atoms with Gasteiger partial charge >= 0.3 is 0 Å². The van der Waals surface area contributed by atoms with Crippen LogP contribution in [0.3, 0.4) is 0 Å². The van der Waals surface area contributed by atoms with Crippen LogP contribution in [0.4, 0.5) is 5.69 Å². The van der Waals surface area contributed by atoms with Crippen LogP contribution in [0.25, 0.3) is 11.0 Å². The summed E-state index contributed by atoms with van der Waals surface area (Å²) in [4.78, 5) is 17.5. The second-order valence-electron chi connectivity index (χ2n) is 6.94. The van der Waals surface area contributed by atoms with E-state index in [0.717, 1.165) is 40.6 Å². The first-order valence-electron chi connectivity index (χ1n) is 9.33. The number of nitrogens with zero attached hydrogens (tertiary/aromatic N) is 1. The molecule has 5 nitrogen and oxygen atoms in total. The topological polar surface area (TPSA) is 63.8 Å². The van der Waals surface area contributed by atoms with E-state index in [2.05, 4.69) is 26.2 Å². The average Bonchev–Trinajstić information content (AvgIpc) is 3.19. The van der Waals surface area contributed by atoms with Crippen LogP contribution in [0.1, 0.15) is 28.8 Å². The summed E-state index contributed by atoms with van der Waals surface area (Å²) in [5, 5.41) is 3.80. The van der Waals surface area contributed by atoms with Crippen molar-refractivity contribution in [1.82, 2.24) is 5.32 Å². The van der Waals surface area contributed by atoms with Crippen molar-refractivity contribution in [3.63, 3.8) is 0 Å². The van der Waals surface area contributed by atoms with E-state index in [9.17, 15) is 4.79 Å². The lowest BCUT2D eigenvalue weighted by molar-refractivity contribution is 0.0854. The highest BCUT2D eigenvalue weighted by molar-refractivity contribution is 9.10. The van der Waals surface area contributed by atoms with Crippen molar-refractivity contribution in [3.05, 3.63) is 69.7 Å². The van der Waals surface area contributed by atoms with Gasteiger partial charge in [0.1, 0.15) is 11.1 Å². The van der Waals surface area contributed by atoms with Crippen LogP contribution in [0, 0.1) is 6.92 Å². The zero-order valence-corrected chi connectivity index (χ0v) is 17.2. The molecule has 2 heterocycles. The van der Waals surface area contributed by atoms with E-state index >= 15 is 0 Å². The van der Waals surface area contributed by atoms with Gasteiger partial charge in [0.25, 0.3) is 5.91 Å². The molecule has 0 spiro atoms. The van der Waals surface area contributed by atoms with E-state index in [1.165, 1.54) is 0 Å². The highest BCUT2D eigenvalue weighted by Crippen LogP contribution is 2.20. The Morgan fingerprint density at radius 2 is 2.14 bits per heavy atom. The molecular formula is C22H21BrN2O3. The number of halogens is 1. The van der Waals surface area contributed by atoms with Gasteiger partial charge < -0.3 is 14.5 Å². The molecule has 1 fully saturated rings. The lowest BCUT2D eigenvalue weighted by Gasteiger charge is -2.11. The Kier molecular flexibility index (Phi) is 5.59. The Morgan fingerprint density at radius 3 is 2.93 bits per heavy atom. The molecule has 1 aromatic heterocycles. The third-order valence-corrected chi connectivity index (χ3v) is 5.19. The zero-order chi connectivity index (χ0) is 19.5. The van der Waals surface area contributed by atoms with Crippen molar-refractivity contribution in [2.24, 2.45) is 4.99 Å². The number of fused-ring (bicyclic) bond motifs is 1. The molecule has 1 saturated heterocycles. The summed E-state index contributed by atoms with van der Waals surface area (Å²) in [5.41, 5.74) is 3.21. The van der Waals surface area contributed by atoms with Crippen molar-refractivity contribution in [2.45, 2.75) is 25.9 Å². The first-order chi connectivity index (χ1) is 13.6. The Balaban J connectivity index is 1.76. The number of hydrogen-bond donors (Lipinski definition) is 1. The van der Waals surface area contributed by atoms with Crippen molar-refractivity contribution in [1.29, 1.82) is 0 Å². The minimum atomic E-state index is -0.215. The number of carbonyl (C=O) groups excluding carboxylic acids is 1. The number of hydrogen-bond acceptors (Lipinski definition) is 4. The smallest absolute Gasteiger partial charge is 0.256 e. The van der Waals surface area contributed by atoms with Crippen LogP contribution in [0.15, 0.2) is 62.4 Å². The second-order valence-corrected chi connectivity index (χ2v) is 7.86. The lowest BCUT2D eigenvalue weighted by Crippen LogP contribution is -2.34. The highest BCUT2D eigenvalue weighted by atomic mass is 79.9. The molecule has 28 heavy (non-hydrogen) atoms. The van der Waals surface area contributed by atoms with Gasteiger partial charge in [0, 0.05) is 23.0 Å². The van der Waals surface area contributed by atoms with Gasteiger partial charge in [0.05, 0.1) is 11.8 Å². The van der Waals surface area contributed by atoms with Crippen LogP contribution in [0.2, 0.25) is 0 Å². The molecule has 1 amide bonds. The summed E-state index contributed by atoms with van der Waals surface area (Å²) in [6.45, 7) is 3.25. The molecular weight excluding hydrogens is 420 g/mol. The molecule has 1 aliphatic rings. The number of ether oxygens (including phenoxy) is 1. The SMILES string of the molecule is Cc1cccc(N=c2oc3ccc(Br)cc3cc2C(=O)NC[C@H]2CCCO2)c1. The molecule has 0 aliphatic carbocycles. The standard InChI is InChI=1S/C22H21BrN2O3/c1-14-4-2-5-17(10-14)25-22-19(21(26)24-13-18-6-3-9-27-18)12-15-11-16(23)7-8-20(15)28-22/h2,4-5,7-8,10-12,18H,3,6,9,13H2,1H3,(H,24,26)/t18-/m1/s1. The molecule has 1 atom stereocenters. The maximum Gasteiger partial charge on any atom is 0.256 e. The fourth-order valence-corrected chi connectivity index (χ4v) is 3.65. The van der Waals surface area contributed by atoms with Gasteiger partial charge in [0.15, 0.2) is 0 Å². The van der Waals surface area contributed by atoms with Gasteiger partial charge in [-0.15, -0.1) is 0 Å². The number of amides is 1. The molecule has 4 rings (SSSR count). The number of benzene rings is 2. The van der Waals surface area contributed by atoms with E-state index in [1.807, 2.05) is 55.5 Å². The van der Waals surface area contributed by atoms with Gasteiger partial charge in [-0.05, 0) is 61.7 Å².